The highest BCUT2D eigenvalue weighted by molar-refractivity contribution is 4.78. The number of nitrogens with zero attached hydrogens (tertiary/aromatic N) is 1. The Balaban J connectivity index is 4.26. The van der Waals surface area contributed by atoms with E-state index >= 15 is 0 Å². The molecule has 1 atom stereocenters. The van der Waals surface area contributed by atoms with Crippen molar-refractivity contribution in [1.29, 1.82) is 0 Å². The van der Waals surface area contributed by atoms with Crippen molar-refractivity contribution < 1.29 is 5.11 Å². The average molecular weight is 201 g/mol. The van der Waals surface area contributed by atoms with Gasteiger partial charge in [-0.15, -0.1) is 0 Å². The van der Waals surface area contributed by atoms with Crippen LogP contribution in [0.4, 0.5) is 0 Å². The molecule has 2 nitrogen and oxygen atoms in total. The largest absolute Gasteiger partial charge is 0.396 e. The Labute approximate surface area is 89.3 Å². The highest BCUT2D eigenvalue weighted by Crippen LogP contribution is 2.24. The van der Waals surface area contributed by atoms with Gasteiger partial charge in [0.15, 0.2) is 0 Å². The van der Waals surface area contributed by atoms with Crippen LogP contribution >= 0.6 is 0 Å². The number of hydrogen-bond donors (Lipinski definition) is 1. The van der Waals surface area contributed by atoms with Gasteiger partial charge in [-0.3, -0.25) is 0 Å². The summed E-state index contributed by atoms with van der Waals surface area (Å²) in [6.45, 7) is 13.3. The van der Waals surface area contributed by atoms with Gasteiger partial charge in [-0.1, -0.05) is 27.2 Å². The summed E-state index contributed by atoms with van der Waals surface area (Å²) in [6, 6.07) is 0.572. The van der Waals surface area contributed by atoms with Crippen LogP contribution in [0, 0.1) is 5.41 Å². The molecule has 0 fully saturated rings. The van der Waals surface area contributed by atoms with E-state index in [-0.39, 0.29) is 5.41 Å². The summed E-state index contributed by atoms with van der Waals surface area (Å²) in [5.74, 6) is 0. The summed E-state index contributed by atoms with van der Waals surface area (Å²) in [4.78, 5) is 2.42. The summed E-state index contributed by atoms with van der Waals surface area (Å²) in [5.41, 5.74) is 0.0784. The smallest absolute Gasteiger partial charge is 0.0497 e. The van der Waals surface area contributed by atoms with Crippen molar-refractivity contribution in [2.45, 2.75) is 53.5 Å². The molecule has 0 rings (SSSR count). The fraction of sp³-hybridized carbons (Fsp3) is 1.00. The zero-order valence-corrected chi connectivity index (χ0v) is 10.5. The van der Waals surface area contributed by atoms with Gasteiger partial charge >= 0.3 is 0 Å². The maximum atomic E-state index is 9.42. The van der Waals surface area contributed by atoms with Gasteiger partial charge in [-0.05, 0) is 26.8 Å². The summed E-state index contributed by atoms with van der Waals surface area (Å²) in [5, 5.41) is 9.42. The molecule has 0 aromatic carbocycles. The maximum absolute atomic E-state index is 9.42. The normalized spacial score (nSPS) is 16.3. The average Bonchev–Trinajstić information content (AvgIpc) is 2.14. The monoisotopic (exact) mass is 201 g/mol. The molecule has 0 radical (unpaired) electrons. The van der Waals surface area contributed by atoms with E-state index in [1.54, 1.807) is 0 Å². The molecular weight excluding hydrogens is 174 g/mol. The third-order valence-corrected chi connectivity index (χ3v) is 2.96. The number of aliphatic hydroxyl groups excluding tert-OH is 1. The Hall–Kier alpha value is -0.0800. The fourth-order valence-electron chi connectivity index (χ4n) is 1.96. The first-order chi connectivity index (χ1) is 6.49. The van der Waals surface area contributed by atoms with E-state index in [4.69, 9.17) is 0 Å². The van der Waals surface area contributed by atoms with Crippen LogP contribution in [-0.4, -0.2) is 35.7 Å². The van der Waals surface area contributed by atoms with Crippen LogP contribution in [0.1, 0.15) is 47.5 Å². The van der Waals surface area contributed by atoms with Crippen molar-refractivity contribution in [2.75, 3.05) is 19.7 Å². The molecule has 86 valence electrons. The highest BCUT2D eigenvalue weighted by Gasteiger charge is 2.25. The van der Waals surface area contributed by atoms with Crippen molar-refractivity contribution in [3.05, 3.63) is 0 Å². The van der Waals surface area contributed by atoms with Gasteiger partial charge in [0.1, 0.15) is 0 Å². The van der Waals surface area contributed by atoms with Gasteiger partial charge in [0.25, 0.3) is 0 Å². The quantitative estimate of drug-likeness (QED) is 0.684. The minimum atomic E-state index is 0.0784. The Bertz CT molecular complexity index is 147. The van der Waals surface area contributed by atoms with Crippen LogP contribution in [0.15, 0.2) is 0 Å². The molecule has 0 aliphatic rings. The van der Waals surface area contributed by atoms with E-state index in [9.17, 15) is 5.11 Å². The van der Waals surface area contributed by atoms with Crippen LogP contribution < -0.4 is 0 Å². The van der Waals surface area contributed by atoms with Crippen molar-refractivity contribution in [3.8, 4) is 0 Å². The summed E-state index contributed by atoms with van der Waals surface area (Å²) >= 11 is 0. The van der Waals surface area contributed by atoms with Gasteiger partial charge in [0, 0.05) is 24.6 Å². The molecule has 0 aromatic rings. The van der Waals surface area contributed by atoms with E-state index < -0.39 is 0 Å². The molecule has 0 aliphatic carbocycles. The molecule has 0 heterocycles. The van der Waals surface area contributed by atoms with Crippen molar-refractivity contribution in [1.82, 2.24) is 4.90 Å². The molecule has 0 aromatic heterocycles. The van der Waals surface area contributed by atoms with E-state index in [0.29, 0.717) is 12.6 Å². The standard InChI is InChI=1S/C12H27NO/c1-6-8-12(5,10-14)9-13(7-2)11(3)4/h11,14H,6-10H2,1-5H3. The van der Waals surface area contributed by atoms with Crippen molar-refractivity contribution in [3.63, 3.8) is 0 Å². The third kappa shape index (κ3) is 4.43. The zero-order valence-electron chi connectivity index (χ0n) is 10.5. The van der Waals surface area contributed by atoms with Crippen LogP contribution in [0.5, 0.6) is 0 Å². The minimum Gasteiger partial charge on any atom is -0.396 e. The molecule has 0 amide bonds. The molecule has 0 spiro atoms. The Morgan fingerprint density at radius 1 is 1.29 bits per heavy atom. The van der Waals surface area contributed by atoms with Crippen molar-refractivity contribution >= 4 is 0 Å². The summed E-state index contributed by atoms with van der Waals surface area (Å²) in [7, 11) is 0. The molecule has 1 unspecified atom stereocenters. The molecule has 0 bridgehead atoms. The lowest BCUT2D eigenvalue weighted by atomic mass is 9.85. The second-order valence-electron chi connectivity index (χ2n) is 4.88. The van der Waals surface area contributed by atoms with Crippen LogP contribution in [-0.2, 0) is 0 Å². The van der Waals surface area contributed by atoms with E-state index in [1.165, 1.54) is 0 Å². The third-order valence-electron chi connectivity index (χ3n) is 2.96. The predicted molar refractivity (Wildman–Crippen MR) is 62.5 cm³/mol. The lowest BCUT2D eigenvalue weighted by Gasteiger charge is -2.35. The second kappa shape index (κ2) is 6.41. The van der Waals surface area contributed by atoms with Gasteiger partial charge in [-0.25, -0.2) is 0 Å². The minimum absolute atomic E-state index is 0.0784. The van der Waals surface area contributed by atoms with Gasteiger partial charge in [0.05, 0.1) is 0 Å². The molecule has 14 heavy (non-hydrogen) atoms. The van der Waals surface area contributed by atoms with Crippen LogP contribution in [0.3, 0.4) is 0 Å². The lowest BCUT2D eigenvalue weighted by Crippen LogP contribution is -2.41. The lowest BCUT2D eigenvalue weighted by molar-refractivity contribution is 0.0688. The van der Waals surface area contributed by atoms with Crippen LogP contribution in [0.2, 0.25) is 0 Å². The topological polar surface area (TPSA) is 23.5 Å². The van der Waals surface area contributed by atoms with E-state index in [2.05, 4.69) is 39.5 Å². The number of hydrogen-bond acceptors (Lipinski definition) is 2. The van der Waals surface area contributed by atoms with Gasteiger partial charge in [-0.2, -0.15) is 0 Å². The first kappa shape index (κ1) is 13.9. The summed E-state index contributed by atoms with van der Waals surface area (Å²) in [6.07, 6.45) is 2.25. The molecule has 0 aliphatic heterocycles. The van der Waals surface area contributed by atoms with Crippen LogP contribution in [0.25, 0.3) is 0 Å². The second-order valence-corrected chi connectivity index (χ2v) is 4.88. The van der Waals surface area contributed by atoms with Crippen molar-refractivity contribution in [2.24, 2.45) is 5.41 Å². The predicted octanol–water partition coefficient (Wildman–Crippen LogP) is 2.52. The Morgan fingerprint density at radius 2 is 1.86 bits per heavy atom. The maximum Gasteiger partial charge on any atom is 0.0497 e. The molecule has 2 heteroatoms. The number of aliphatic hydroxyl groups is 1. The Kier molecular flexibility index (Phi) is 6.38. The van der Waals surface area contributed by atoms with Gasteiger partial charge < -0.3 is 10.0 Å². The first-order valence-electron chi connectivity index (χ1n) is 5.84. The van der Waals surface area contributed by atoms with E-state index in [1.807, 2.05) is 0 Å². The summed E-state index contributed by atoms with van der Waals surface area (Å²) < 4.78 is 0. The number of rotatable bonds is 7. The van der Waals surface area contributed by atoms with Gasteiger partial charge in [0.2, 0.25) is 0 Å². The SMILES string of the molecule is CCCC(C)(CO)CN(CC)C(C)C. The first-order valence-corrected chi connectivity index (χ1v) is 5.84. The molecule has 1 N–H and O–H groups in total. The zero-order chi connectivity index (χ0) is 11.2. The highest BCUT2D eigenvalue weighted by atomic mass is 16.3. The molecular formula is C12H27NO. The fourth-order valence-corrected chi connectivity index (χ4v) is 1.96. The molecule has 0 saturated heterocycles. The van der Waals surface area contributed by atoms with E-state index in [0.717, 1.165) is 25.9 Å². The Morgan fingerprint density at radius 3 is 2.14 bits per heavy atom. The molecule has 0 saturated carbocycles.